The second kappa shape index (κ2) is 4.21. The number of rotatable bonds is 0. The number of halogens is 6. The van der Waals surface area contributed by atoms with Crippen molar-refractivity contribution < 1.29 is 76.6 Å². The monoisotopic (exact) mass is 229 g/mol. The van der Waals surface area contributed by atoms with Gasteiger partial charge in [-0.1, -0.05) is 0 Å². The van der Waals surface area contributed by atoms with E-state index in [1.54, 1.807) is 0 Å². The minimum absolute atomic E-state index is 0. The van der Waals surface area contributed by atoms with Gasteiger partial charge in [0.25, 0.3) is 0 Å². The van der Waals surface area contributed by atoms with Gasteiger partial charge in [0.1, 0.15) is 0 Å². The van der Waals surface area contributed by atoms with Crippen molar-refractivity contribution in [1.82, 2.24) is 5.32 Å². The van der Waals surface area contributed by atoms with E-state index in [2.05, 4.69) is 5.32 Å². The fourth-order valence-electron chi connectivity index (χ4n) is 0. The molecular weight excluding hydrogens is 222 g/mol. The Morgan fingerprint density at radius 2 is 0.818 bits per heavy atom. The van der Waals surface area contributed by atoms with Crippen molar-refractivity contribution in [2.75, 3.05) is 14.1 Å². The first-order valence-electron chi connectivity index (χ1n) is 2.01. The molecule has 0 heterocycles. The van der Waals surface area contributed by atoms with Crippen LogP contribution in [0, 0.1) is 0 Å². The summed E-state index contributed by atoms with van der Waals surface area (Å²) in [6, 6.07) is 0. The molecule has 0 atom stereocenters. The molecule has 9 heteroatoms. The summed E-state index contributed by atoms with van der Waals surface area (Å²) < 4.78 is 59.2. The second-order valence-corrected chi connectivity index (χ2v) is 3.37. The van der Waals surface area contributed by atoms with E-state index in [9.17, 15) is 25.2 Å². The molecule has 0 spiro atoms. The van der Waals surface area contributed by atoms with Crippen LogP contribution in [-0.2, 0) is 0 Å². The Bertz CT molecular complexity index is 89.9. The molecule has 0 saturated carbocycles. The quantitative estimate of drug-likeness (QED) is 0.356. The first-order valence-corrected chi connectivity index (χ1v) is 4.04. The molecule has 0 radical (unpaired) electrons. The summed E-state index contributed by atoms with van der Waals surface area (Å²) in [5.74, 6) is 0. The van der Waals surface area contributed by atoms with Gasteiger partial charge in [-0.25, -0.2) is 0 Å². The zero-order chi connectivity index (χ0) is 9.12. The number of nitrogens with one attached hydrogen (secondary N) is 1. The van der Waals surface area contributed by atoms with Crippen molar-refractivity contribution in [3.05, 3.63) is 0 Å². The number of hydrogen-bond donors (Lipinski definition) is 1. The molecule has 11 heavy (non-hydrogen) atoms. The van der Waals surface area contributed by atoms with E-state index < -0.39 is 7.81 Å². The smallest absolute Gasteiger partial charge is 1.00 e. The van der Waals surface area contributed by atoms with Gasteiger partial charge in [0.05, 0.1) is 0 Å². The summed E-state index contributed by atoms with van der Waals surface area (Å²) >= 11 is 0. The third-order valence-electron chi connectivity index (χ3n) is 0. The van der Waals surface area contributed by atoms with Gasteiger partial charge in [-0.3, -0.25) is 0 Å². The Hall–Kier alpha value is 1.61. The van der Waals surface area contributed by atoms with Crippen LogP contribution in [0.3, 0.4) is 0 Å². The van der Waals surface area contributed by atoms with Crippen LogP contribution in [0.5, 0.6) is 0 Å². The van der Waals surface area contributed by atoms with E-state index in [-0.39, 0.29) is 51.4 Å². The van der Waals surface area contributed by atoms with E-state index in [1.807, 2.05) is 14.1 Å². The molecule has 68 valence electrons. The van der Waals surface area contributed by atoms with Crippen molar-refractivity contribution in [2.24, 2.45) is 0 Å². The molecule has 0 fully saturated rings. The summed E-state index contributed by atoms with van der Waals surface area (Å²) in [5, 5.41) is 2.75. The molecule has 1 N–H and O–H groups in total. The van der Waals surface area contributed by atoms with Crippen LogP contribution in [0.4, 0.5) is 25.2 Å². The van der Waals surface area contributed by atoms with Crippen LogP contribution in [0.2, 0.25) is 0 Å². The minimum atomic E-state index is -10.7. The molecule has 0 rings (SSSR count). The van der Waals surface area contributed by atoms with E-state index in [0.29, 0.717) is 0 Å². The largest absolute Gasteiger partial charge is 1.00 e. The van der Waals surface area contributed by atoms with Crippen LogP contribution in [0.25, 0.3) is 0 Å². The Labute approximate surface area is 103 Å². The summed E-state index contributed by atoms with van der Waals surface area (Å²) in [4.78, 5) is 0. The van der Waals surface area contributed by atoms with Gasteiger partial charge in [-0.15, -0.1) is 0 Å². The van der Waals surface area contributed by atoms with E-state index in [0.717, 1.165) is 0 Å². The SMILES string of the molecule is CNC.F[P-](F)(F)(F)(F)F.[K+]. The molecule has 0 aromatic rings. The van der Waals surface area contributed by atoms with Crippen LogP contribution >= 0.6 is 7.81 Å². The topological polar surface area (TPSA) is 12.0 Å². The molecule has 0 saturated heterocycles. The maximum absolute atomic E-state index is 10.7. The molecule has 0 aliphatic carbocycles. The van der Waals surface area contributed by atoms with Gasteiger partial charge >= 0.3 is 84.4 Å². The van der Waals surface area contributed by atoms with Crippen LogP contribution < -0.4 is 56.7 Å². The molecule has 0 unspecified atom stereocenters. The average Bonchev–Trinajstić information content (AvgIpc) is 1.20. The Kier molecular flexibility index (Phi) is 7.05. The van der Waals surface area contributed by atoms with Crippen LogP contribution in [0.1, 0.15) is 0 Å². The predicted octanol–water partition coefficient (Wildman–Crippen LogP) is 0.222. The first-order chi connectivity index (χ1) is 3.86. The molecule has 0 aromatic heterocycles. The van der Waals surface area contributed by atoms with Crippen molar-refractivity contribution in [3.8, 4) is 0 Å². The van der Waals surface area contributed by atoms with E-state index in [4.69, 9.17) is 0 Å². The van der Waals surface area contributed by atoms with Crippen LogP contribution in [-0.4, -0.2) is 14.1 Å². The van der Waals surface area contributed by atoms with Gasteiger partial charge in [0, 0.05) is 0 Å². The third kappa shape index (κ3) is 415. The van der Waals surface area contributed by atoms with E-state index >= 15 is 0 Å². The molecular formula is C2H7F6KNP. The molecule has 0 aromatic carbocycles. The average molecular weight is 229 g/mol. The standard InChI is InChI=1S/C2H7N.F6P.K/c1-3-2;1-7(2,3,4,5)6;/h3H,1-2H3;;/q;-1;+1. The maximum Gasteiger partial charge on any atom is 1.00 e. The van der Waals surface area contributed by atoms with Crippen molar-refractivity contribution >= 4 is 7.81 Å². The van der Waals surface area contributed by atoms with Gasteiger partial charge < -0.3 is 5.32 Å². The maximum atomic E-state index is 9.87. The Morgan fingerprint density at radius 3 is 0.818 bits per heavy atom. The van der Waals surface area contributed by atoms with Crippen molar-refractivity contribution in [2.45, 2.75) is 0 Å². The fourth-order valence-corrected chi connectivity index (χ4v) is 0. The summed E-state index contributed by atoms with van der Waals surface area (Å²) in [6.45, 7) is 0. The van der Waals surface area contributed by atoms with Crippen molar-refractivity contribution in [3.63, 3.8) is 0 Å². The van der Waals surface area contributed by atoms with E-state index in [1.165, 1.54) is 0 Å². The summed E-state index contributed by atoms with van der Waals surface area (Å²) in [6.07, 6.45) is 0. The zero-order valence-corrected chi connectivity index (χ0v) is 10.2. The molecule has 0 bridgehead atoms. The van der Waals surface area contributed by atoms with Gasteiger partial charge in [-0.2, -0.15) is 0 Å². The molecule has 0 aliphatic rings. The summed E-state index contributed by atoms with van der Waals surface area (Å²) in [5.41, 5.74) is 0. The Morgan fingerprint density at radius 1 is 0.818 bits per heavy atom. The van der Waals surface area contributed by atoms with Crippen molar-refractivity contribution in [1.29, 1.82) is 0 Å². The molecule has 1 nitrogen and oxygen atoms in total. The zero-order valence-electron chi connectivity index (χ0n) is 6.22. The normalized spacial score (nSPS) is 16.4. The third-order valence-corrected chi connectivity index (χ3v) is 0. The Balaban J connectivity index is -0.000000140. The predicted molar refractivity (Wildman–Crippen MR) is 28.6 cm³/mol. The fraction of sp³-hybridized carbons (Fsp3) is 1.00. The minimum Gasteiger partial charge on any atom is 1.00 e. The molecule has 0 amide bonds. The second-order valence-electron chi connectivity index (χ2n) is 1.46. The van der Waals surface area contributed by atoms with Gasteiger partial charge in [0.2, 0.25) is 0 Å². The summed E-state index contributed by atoms with van der Waals surface area (Å²) in [7, 11) is -6.91. The first kappa shape index (κ1) is 18.4. The van der Waals surface area contributed by atoms with Crippen LogP contribution in [0.15, 0.2) is 0 Å². The van der Waals surface area contributed by atoms with Gasteiger partial charge in [-0.05, 0) is 14.1 Å². The molecule has 0 aliphatic heterocycles. The number of hydrogen-bond acceptors (Lipinski definition) is 1. The van der Waals surface area contributed by atoms with Gasteiger partial charge in [0.15, 0.2) is 0 Å².